The van der Waals surface area contributed by atoms with E-state index in [1.165, 1.54) is 6.07 Å². The second-order valence-corrected chi connectivity index (χ2v) is 5.33. The number of phenolic OH excluding ortho intramolecular Hbond substituents is 1. The maximum absolute atomic E-state index is 11.6. The standard InChI is InChI=1S/C14H21N3O4/c1-14(2,3)21-13(20)16-9-8-15-12(19)17-10-6-4-5-7-11(10)18/h4-7,18H,8-9H2,1-3H3,(H,16,20)(H2,15,17,19). The molecule has 0 fully saturated rings. The first-order valence-corrected chi connectivity index (χ1v) is 6.57. The van der Waals surface area contributed by atoms with Crippen LogP contribution < -0.4 is 16.0 Å². The quantitative estimate of drug-likeness (QED) is 0.504. The molecule has 0 radical (unpaired) electrons. The van der Waals surface area contributed by atoms with Gasteiger partial charge in [0, 0.05) is 13.1 Å². The highest BCUT2D eigenvalue weighted by Gasteiger charge is 2.15. The van der Waals surface area contributed by atoms with Crippen molar-refractivity contribution in [3.63, 3.8) is 0 Å². The molecule has 116 valence electrons. The Morgan fingerprint density at radius 1 is 1.14 bits per heavy atom. The molecular weight excluding hydrogens is 274 g/mol. The Morgan fingerprint density at radius 2 is 1.76 bits per heavy atom. The van der Waals surface area contributed by atoms with Gasteiger partial charge in [-0.25, -0.2) is 9.59 Å². The maximum Gasteiger partial charge on any atom is 0.407 e. The second-order valence-electron chi connectivity index (χ2n) is 5.33. The van der Waals surface area contributed by atoms with Crippen LogP contribution in [0.1, 0.15) is 20.8 Å². The van der Waals surface area contributed by atoms with Crippen molar-refractivity contribution in [3.05, 3.63) is 24.3 Å². The number of benzene rings is 1. The zero-order valence-corrected chi connectivity index (χ0v) is 12.4. The number of nitrogens with one attached hydrogen (secondary N) is 3. The minimum absolute atomic E-state index is 0.0143. The third-order valence-corrected chi connectivity index (χ3v) is 2.23. The highest BCUT2D eigenvalue weighted by Crippen LogP contribution is 2.20. The van der Waals surface area contributed by atoms with Gasteiger partial charge in [-0.05, 0) is 32.9 Å². The van der Waals surface area contributed by atoms with Crippen LogP contribution in [0.4, 0.5) is 15.3 Å². The van der Waals surface area contributed by atoms with E-state index in [1.807, 2.05) is 0 Å². The molecule has 0 aliphatic heterocycles. The van der Waals surface area contributed by atoms with Crippen LogP contribution in [-0.2, 0) is 4.74 Å². The van der Waals surface area contributed by atoms with Gasteiger partial charge in [-0.2, -0.15) is 0 Å². The summed E-state index contributed by atoms with van der Waals surface area (Å²) in [5.74, 6) is -0.0143. The Morgan fingerprint density at radius 3 is 2.38 bits per heavy atom. The Labute approximate surface area is 123 Å². The number of urea groups is 1. The van der Waals surface area contributed by atoms with Crippen LogP contribution in [-0.4, -0.2) is 35.9 Å². The summed E-state index contributed by atoms with van der Waals surface area (Å²) in [6, 6.07) is 5.93. The van der Waals surface area contributed by atoms with Crippen molar-refractivity contribution >= 4 is 17.8 Å². The van der Waals surface area contributed by atoms with Gasteiger partial charge in [0.15, 0.2) is 0 Å². The number of hydrogen-bond donors (Lipinski definition) is 4. The summed E-state index contributed by atoms with van der Waals surface area (Å²) in [4.78, 5) is 22.9. The molecule has 3 amide bonds. The van der Waals surface area contributed by atoms with E-state index in [1.54, 1.807) is 39.0 Å². The fourth-order valence-corrected chi connectivity index (χ4v) is 1.40. The number of carbonyl (C=O) groups excluding carboxylic acids is 2. The number of carbonyl (C=O) groups is 2. The minimum atomic E-state index is -0.556. The number of anilines is 1. The van der Waals surface area contributed by atoms with Gasteiger partial charge in [0.25, 0.3) is 0 Å². The van der Waals surface area contributed by atoms with E-state index >= 15 is 0 Å². The topological polar surface area (TPSA) is 99.7 Å². The number of alkyl carbamates (subject to hydrolysis) is 1. The molecule has 0 heterocycles. The van der Waals surface area contributed by atoms with E-state index in [4.69, 9.17) is 4.74 Å². The van der Waals surface area contributed by atoms with Crippen molar-refractivity contribution in [2.24, 2.45) is 0 Å². The summed E-state index contributed by atoms with van der Waals surface area (Å²) in [5, 5.41) is 17.1. The Hall–Kier alpha value is -2.44. The Kier molecular flexibility index (Phi) is 5.83. The van der Waals surface area contributed by atoms with Gasteiger partial charge in [-0.1, -0.05) is 12.1 Å². The number of aromatic hydroxyl groups is 1. The first kappa shape index (κ1) is 16.6. The molecule has 1 aromatic carbocycles. The van der Waals surface area contributed by atoms with Crippen molar-refractivity contribution in [1.29, 1.82) is 0 Å². The van der Waals surface area contributed by atoms with Gasteiger partial charge in [0.05, 0.1) is 5.69 Å². The summed E-state index contributed by atoms with van der Waals surface area (Å²) >= 11 is 0. The van der Waals surface area contributed by atoms with Gasteiger partial charge in [-0.3, -0.25) is 0 Å². The molecule has 7 nitrogen and oxygen atoms in total. The molecule has 0 aliphatic rings. The van der Waals surface area contributed by atoms with E-state index < -0.39 is 17.7 Å². The molecule has 7 heteroatoms. The lowest BCUT2D eigenvalue weighted by Gasteiger charge is -2.19. The van der Waals surface area contributed by atoms with Crippen molar-refractivity contribution in [3.8, 4) is 5.75 Å². The molecule has 1 rings (SSSR count). The van der Waals surface area contributed by atoms with E-state index in [9.17, 15) is 14.7 Å². The van der Waals surface area contributed by atoms with Gasteiger partial charge >= 0.3 is 12.1 Å². The number of amides is 3. The lowest BCUT2D eigenvalue weighted by atomic mass is 10.2. The molecule has 0 aliphatic carbocycles. The predicted molar refractivity (Wildman–Crippen MR) is 79.4 cm³/mol. The summed E-state index contributed by atoms with van der Waals surface area (Å²) in [6.07, 6.45) is -0.537. The second kappa shape index (κ2) is 7.37. The average molecular weight is 295 g/mol. The third kappa shape index (κ3) is 7.05. The Balaban J connectivity index is 2.23. The van der Waals surface area contributed by atoms with Gasteiger partial charge in [0.2, 0.25) is 0 Å². The normalized spacial score (nSPS) is 10.6. The molecule has 1 aromatic rings. The van der Waals surface area contributed by atoms with Gasteiger partial charge in [-0.15, -0.1) is 0 Å². The number of ether oxygens (including phenoxy) is 1. The summed E-state index contributed by atoms with van der Waals surface area (Å²) in [6.45, 7) is 5.78. The summed E-state index contributed by atoms with van der Waals surface area (Å²) < 4.78 is 5.04. The first-order chi connectivity index (χ1) is 9.78. The highest BCUT2D eigenvalue weighted by atomic mass is 16.6. The van der Waals surface area contributed by atoms with E-state index in [0.717, 1.165) is 0 Å². The van der Waals surface area contributed by atoms with Crippen molar-refractivity contribution in [2.75, 3.05) is 18.4 Å². The highest BCUT2D eigenvalue weighted by molar-refractivity contribution is 5.90. The van der Waals surface area contributed by atoms with Crippen LogP contribution >= 0.6 is 0 Å². The van der Waals surface area contributed by atoms with Crippen molar-refractivity contribution in [1.82, 2.24) is 10.6 Å². The third-order valence-electron chi connectivity index (χ3n) is 2.23. The van der Waals surface area contributed by atoms with Crippen molar-refractivity contribution < 1.29 is 19.4 Å². The molecule has 0 unspecified atom stereocenters. The van der Waals surface area contributed by atoms with Crippen LogP contribution in [0.5, 0.6) is 5.75 Å². The molecule has 0 bridgehead atoms. The monoisotopic (exact) mass is 295 g/mol. The van der Waals surface area contributed by atoms with Crippen molar-refractivity contribution in [2.45, 2.75) is 26.4 Å². The van der Waals surface area contributed by atoms with Gasteiger partial charge < -0.3 is 25.8 Å². The molecule has 0 atom stereocenters. The SMILES string of the molecule is CC(C)(C)OC(=O)NCCNC(=O)Nc1ccccc1O. The summed E-state index contributed by atoms with van der Waals surface area (Å²) in [5.41, 5.74) is -0.241. The fraction of sp³-hybridized carbons (Fsp3) is 0.429. The predicted octanol–water partition coefficient (Wildman–Crippen LogP) is 2.04. The fourth-order valence-electron chi connectivity index (χ4n) is 1.40. The molecule has 0 saturated heterocycles. The maximum atomic E-state index is 11.6. The van der Waals surface area contributed by atoms with E-state index in [0.29, 0.717) is 5.69 Å². The largest absolute Gasteiger partial charge is 0.506 e. The molecule has 21 heavy (non-hydrogen) atoms. The smallest absolute Gasteiger partial charge is 0.407 e. The first-order valence-electron chi connectivity index (χ1n) is 6.57. The molecule has 0 spiro atoms. The molecule has 4 N–H and O–H groups in total. The van der Waals surface area contributed by atoms with Crippen LogP contribution in [0.25, 0.3) is 0 Å². The molecule has 0 saturated carbocycles. The Bertz CT molecular complexity index is 497. The number of para-hydroxylation sites is 2. The van der Waals surface area contributed by atoms with Crippen LogP contribution in [0.3, 0.4) is 0 Å². The van der Waals surface area contributed by atoms with Crippen LogP contribution in [0.15, 0.2) is 24.3 Å². The van der Waals surface area contributed by atoms with Gasteiger partial charge in [0.1, 0.15) is 11.4 Å². The lowest BCUT2D eigenvalue weighted by molar-refractivity contribution is 0.0528. The average Bonchev–Trinajstić information content (AvgIpc) is 2.35. The minimum Gasteiger partial charge on any atom is -0.506 e. The number of hydrogen-bond acceptors (Lipinski definition) is 4. The zero-order chi connectivity index (χ0) is 15.9. The molecule has 0 aromatic heterocycles. The number of phenols is 1. The van der Waals surface area contributed by atoms with E-state index in [2.05, 4.69) is 16.0 Å². The summed E-state index contributed by atoms with van der Waals surface area (Å²) in [7, 11) is 0. The zero-order valence-electron chi connectivity index (χ0n) is 12.4. The van der Waals surface area contributed by atoms with Crippen LogP contribution in [0, 0.1) is 0 Å². The van der Waals surface area contributed by atoms with E-state index in [-0.39, 0.29) is 18.8 Å². The molecular formula is C14H21N3O4. The lowest BCUT2D eigenvalue weighted by Crippen LogP contribution is -2.39. The number of rotatable bonds is 4. The van der Waals surface area contributed by atoms with Crippen LogP contribution in [0.2, 0.25) is 0 Å².